The number of esters is 1. The predicted molar refractivity (Wildman–Crippen MR) is 86.2 cm³/mol. The van der Waals surface area contributed by atoms with Gasteiger partial charge in [-0.1, -0.05) is 26.8 Å². The molecule has 0 atom stereocenters. The standard InChI is InChI=1S/C15H20N2O3S/c1-15(2,3)9-12(18)17-14(21)16-11-7-5-6-10(8-11)13(19)20-4/h5-8H,9H2,1-4H3,(H2,16,17,18,21). The Morgan fingerprint density at radius 3 is 2.52 bits per heavy atom. The second-order valence-electron chi connectivity index (χ2n) is 5.81. The lowest BCUT2D eigenvalue weighted by atomic mass is 9.92. The molecule has 1 aromatic carbocycles. The van der Waals surface area contributed by atoms with Crippen LogP contribution in [0.25, 0.3) is 0 Å². The summed E-state index contributed by atoms with van der Waals surface area (Å²) in [7, 11) is 1.32. The summed E-state index contributed by atoms with van der Waals surface area (Å²) in [4.78, 5) is 23.2. The predicted octanol–water partition coefficient (Wildman–Crippen LogP) is 2.72. The molecular weight excluding hydrogens is 288 g/mol. The van der Waals surface area contributed by atoms with Gasteiger partial charge in [-0.15, -0.1) is 0 Å². The van der Waals surface area contributed by atoms with Gasteiger partial charge in [-0.3, -0.25) is 4.79 Å². The van der Waals surface area contributed by atoms with Gasteiger partial charge in [0.2, 0.25) is 5.91 Å². The molecule has 0 aliphatic carbocycles. The maximum Gasteiger partial charge on any atom is 0.337 e. The van der Waals surface area contributed by atoms with Crippen molar-refractivity contribution in [2.24, 2.45) is 5.41 Å². The van der Waals surface area contributed by atoms with Gasteiger partial charge in [-0.2, -0.15) is 0 Å². The van der Waals surface area contributed by atoms with Crippen molar-refractivity contribution in [2.75, 3.05) is 12.4 Å². The summed E-state index contributed by atoms with van der Waals surface area (Å²) in [5.41, 5.74) is 0.912. The van der Waals surface area contributed by atoms with Gasteiger partial charge in [0.15, 0.2) is 5.11 Å². The zero-order valence-electron chi connectivity index (χ0n) is 12.6. The number of hydrogen-bond acceptors (Lipinski definition) is 4. The molecule has 0 saturated heterocycles. The molecule has 2 N–H and O–H groups in total. The Labute approximate surface area is 130 Å². The minimum absolute atomic E-state index is 0.107. The summed E-state index contributed by atoms with van der Waals surface area (Å²) < 4.78 is 4.65. The van der Waals surface area contributed by atoms with Crippen LogP contribution in [-0.2, 0) is 9.53 Å². The van der Waals surface area contributed by atoms with Gasteiger partial charge >= 0.3 is 5.97 Å². The lowest BCUT2D eigenvalue weighted by Gasteiger charge is -2.17. The highest BCUT2D eigenvalue weighted by atomic mass is 32.1. The van der Waals surface area contributed by atoms with Gasteiger partial charge in [-0.05, 0) is 35.8 Å². The molecule has 0 heterocycles. The van der Waals surface area contributed by atoms with E-state index in [9.17, 15) is 9.59 Å². The minimum Gasteiger partial charge on any atom is -0.465 e. The zero-order valence-corrected chi connectivity index (χ0v) is 13.5. The molecule has 0 saturated carbocycles. The highest BCUT2D eigenvalue weighted by Gasteiger charge is 2.16. The fraction of sp³-hybridized carbons (Fsp3) is 0.400. The molecule has 0 bridgehead atoms. The summed E-state index contributed by atoms with van der Waals surface area (Å²) in [6, 6.07) is 6.69. The third kappa shape index (κ3) is 6.35. The number of rotatable bonds is 3. The van der Waals surface area contributed by atoms with Crippen LogP contribution in [0.5, 0.6) is 0 Å². The Morgan fingerprint density at radius 2 is 1.95 bits per heavy atom. The van der Waals surface area contributed by atoms with Crippen molar-refractivity contribution in [2.45, 2.75) is 27.2 Å². The van der Waals surface area contributed by atoms with E-state index in [2.05, 4.69) is 15.4 Å². The first-order chi connectivity index (χ1) is 9.71. The number of anilines is 1. The third-order valence-corrected chi connectivity index (χ3v) is 2.69. The smallest absolute Gasteiger partial charge is 0.337 e. The summed E-state index contributed by atoms with van der Waals surface area (Å²) in [6.07, 6.45) is 0.372. The van der Waals surface area contributed by atoms with Crippen LogP contribution >= 0.6 is 12.2 Å². The SMILES string of the molecule is COC(=O)c1cccc(NC(=S)NC(=O)CC(C)(C)C)c1. The molecule has 114 valence electrons. The molecule has 1 rings (SSSR count). The van der Waals surface area contributed by atoms with Crippen LogP contribution in [0.3, 0.4) is 0 Å². The van der Waals surface area contributed by atoms with Crippen LogP contribution in [0.15, 0.2) is 24.3 Å². The number of nitrogens with one attached hydrogen (secondary N) is 2. The van der Waals surface area contributed by atoms with Crippen molar-refractivity contribution >= 4 is 34.9 Å². The van der Waals surface area contributed by atoms with Gasteiger partial charge in [0.1, 0.15) is 0 Å². The molecule has 0 aromatic heterocycles. The average Bonchev–Trinajstić information content (AvgIpc) is 2.35. The Morgan fingerprint density at radius 1 is 1.29 bits per heavy atom. The van der Waals surface area contributed by atoms with E-state index in [0.717, 1.165) is 0 Å². The van der Waals surface area contributed by atoms with Crippen LogP contribution in [0.1, 0.15) is 37.6 Å². The quantitative estimate of drug-likeness (QED) is 0.664. The van der Waals surface area contributed by atoms with Gasteiger partial charge in [-0.25, -0.2) is 4.79 Å². The third-order valence-electron chi connectivity index (χ3n) is 2.49. The maximum atomic E-state index is 11.8. The number of ether oxygens (including phenoxy) is 1. The van der Waals surface area contributed by atoms with E-state index < -0.39 is 5.97 Å². The molecule has 6 heteroatoms. The fourth-order valence-corrected chi connectivity index (χ4v) is 1.89. The number of thiocarbonyl (C=S) groups is 1. The topological polar surface area (TPSA) is 67.4 Å². The zero-order chi connectivity index (χ0) is 16.0. The average molecular weight is 308 g/mol. The van der Waals surface area contributed by atoms with Gasteiger partial charge < -0.3 is 15.4 Å². The van der Waals surface area contributed by atoms with Crippen molar-refractivity contribution in [1.29, 1.82) is 0 Å². The molecule has 0 unspecified atom stereocenters. The number of benzene rings is 1. The lowest BCUT2D eigenvalue weighted by Crippen LogP contribution is -2.36. The fourth-order valence-electron chi connectivity index (χ4n) is 1.66. The number of carbonyl (C=O) groups excluding carboxylic acids is 2. The normalized spacial score (nSPS) is 10.7. The second-order valence-corrected chi connectivity index (χ2v) is 6.22. The highest BCUT2D eigenvalue weighted by Crippen LogP contribution is 2.18. The molecule has 0 fully saturated rings. The maximum absolute atomic E-state index is 11.8. The molecule has 1 aromatic rings. The minimum atomic E-state index is -0.429. The van der Waals surface area contributed by atoms with Crippen LogP contribution in [0.2, 0.25) is 0 Å². The van der Waals surface area contributed by atoms with Crippen LogP contribution in [-0.4, -0.2) is 24.1 Å². The van der Waals surface area contributed by atoms with Gasteiger partial charge in [0.05, 0.1) is 12.7 Å². The van der Waals surface area contributed by atoms with E-state index in [1.165, 1.54) is 7.11 Å². The molecular formula is C15H20N2O3S. The van der Waals surface area contributed by atoms with Crippen molar-refractivity contribution < 1.29 is 14.3 Å². The Hall–Kier alpha value is -1.95. The number of amides is 1. The lowest BCUT2D eigenvalue weighted by molar-refractivity contribution is -0.121. The number of carbonyl (C=O) groups is 2. The van der Waals surface area contributed by atoms with E-state index in [1.54, 1.807) is 24.3 Å². The van der Waals surface area contributed by atoms with Crippen molar-refractivity contribution in [1.82, 2.24) is 5.32 Å². The monoisotopic (exact) mass is 308 g/mol. The Balaban J connectivity index is 2.63. The Bertz CT molecular complexity index is 550. The molecule has 0 aliphatic rings. The van der Waals surface area contributed by atoms with E-state index in [-0.39, 0.29) is 16.4 Å². The molecule has 5 nitrogen and oxygen atoms in total. The molecule has 0 radical (unpaired) electrons. The molecule has 0 spiro atoms. The first-order valence-corrected chi connectivity index (χ1v) is 6.91. The van der Waals surface area contributed by atoms with E-state index in [0.29, 0.717) is 17.7 Å². The van der Waals surface area contributed by atoms with E-state index in [4.69, 9.17) is 12.2 Å². The van der Waals surface area contributed by atoms with E-state index in [1.807, 2.05) is 20.8 Å². The summed E-state index contributed by atoms with van der Waals surface area (Å²) in [6.45, 7) is 5.93. The largest absolute Gasteiger partial charge is 0.465 e. The number of methoxy groups -OCH3 is 1. The number of hydrogen-bond donors (Lipinski definition) is 2. The second kappa shape index (κ2) is 7.17. The highest BCUT2D eigenvalue weighted by molar-refractivity contribution is 7.80. The molecule has 1 amide bonds. The van der Waals surface area contributed by atoms with Crippen LogP contribution in [0.4, 0.5) is 5.69 Å². The Kier molecular flexibility index (Phi) is 5.84. The first-order valence-electron chi connectivity index (χ1n) is 6.50. The summed E-state index contributed by atoms with van der Waals surface area (Å²) >= 11 is 5.08. The first kappa shape index (κ1) is 17.1. The van der Waals surface area contributed by atoms with Gasteiger partial charge in [0, 0.05) is 12.1 Å². The van der Waals surface area contributed by atoms with Crippen LogP contribution in [0, 0.1) is 5.41 Å². The molecule has 0 aliphatic heterocycles. The van der Waals surface area contributed by atoms with E-state index >= 15 is 0 Å². The molecule has 21 heavy (non-hydrogen) atoms. The van der Waals surface area contributed by atoms with Crippen molar-refractivity contribution in [3.8, 4) is 0 Å². The van der Waals surface area contributed by atoms with Crippen molar-refractivity contribution in [3.63, 3.8) is 0 Å². The summed E-state index contributed by atoms with van der Waals surface area (Å²) in [5, 5.41) is 5.68. The van der Waals surface area contributed by atoms with Crippen molar-refractivity contribution in [3.05, 3.63) is 29.8 Å². The summed E-state index contributed by atoms with van der Waals surface area (Å²) in [5.74, 6) is -0.578. The van der Waals surface area contributed by atoms with Gasteiger partial charge in [0.25, 0.3) is 0 Å². The van der Waals surface area contributed by atoms with Crippen LogP contribution < -0.4 is 10.6 Å².